The molecule has 9 rings (SSSR count). The first-order valence-electron chi connectivity index (χ1n) is 19.9. The van der Waals surface area contributed by atoms with Gasteiger partial charge in [-0.15, -0.1) is 0 Å². The average molecular weight is 755 g/mol. The maximum Gasteiger partial charge on any atom is 0.145 e. The second-order valence-electron chi connectivity index (χ2n) is 17.2. The summed E-state index contributed by atoms with van der Waals surface area (Å²) in [6.45, 7) is 13.6. The van der Waals surface area contributed by atoms with E-state index in [0.717, 1.165) is 72.4 Å². The van der Waals surface area contributed by atoms with E-state index >= 15 is 0 Å². The fraction of sp³-hybridized carbons (Fsp3) is 0.151. The lowest BCUT2D eigenvalue weighted by molar-refractivity contribution is 0.477. The Kier molecular flexibility index (Phi) is 9.04. The summed E-state index contributed by atoms with van der Waals surface area (Å²) in [4.78, 5) is 15.0. The minimum absolute atomic E-state index is 0.0389. The van der Waals surface area contributed by atoms with Gasteiger partial charge < -0.3 is 5.11 Å². The molecule has 0 aliphatic carbocycles. The molecule has 0 aliphatic heterocycles. The number of hydrogen-bond donors (Lipinski definition) is 1. The summed E-state index contributed by atoms with van der Waals surface area (Å²) in [5.41, 5.74) is 14.9. The SMILES string of the molecule is CC(C)(C)c1cc(-c2cc(-c3cccc(-c4cc(-c5cccc6c7cccnc7n(-c7ccccc7)c56)ccn4)c3)nc(-c3ccccc3O)c2)cc(C(C)(C)C)c1. The largest absolute Gasteiger partial charge is 0.507 e. The zero-order chi connectivity index (χ0) is 40.2. The van der Waals surface area contributed by atoms with Gasteiger partial charge in [-0.1, -0.05) is 126 Å². The van der Waals surface area contributed by atoms with Gasteiger partial charge in [0.2, 0.25) is 0 Å². The number of pyridine rings is 3. The van der Waals surface area contributed by atoms with E-state index in [-0.39, 0.29) is 16.6 Å². The van der Waals surface area contributed by atoms with E-state index in [4.69, 9.17) is 15.0 Å². The van der Waals surface area contributed by atoms with E-state index in [1.165, 1.54) is 11.1 Å². The zero-order valence-corrected chi connectivity index (χ0v) is 33.8. The number of phenolic OH excluding ortho intramolecular Hbond substituents is 1. The second-order valence-corrected chi connectivity index (χ2v) is 17.2. The molecule has 1 N–H and O–H groups in total. The predicted octanol–water partition coefficient (Wildman–Crippen LogP) is 13.6. The fourth-order valence-corrected chi connectivity index (χ4v) is 7.88. The van der Waals surface area contributed by atoms with Crippen molar-refractivity contribution in [2.24, 2.45) is 0 Å². The summed E-state index contributed by atoms with van der Waals surface area (Å²) < 4.78 is 2.27. The van der Waals surface area contributed by atoms with Gasteiger partial charge in [-0.3, -0.25) is 9.55 Å². The third-order valence-electron chi connectivity index (χ3n) is 11.1. The summed E-state index contributed by atoms with van der Waals surface area (Å²) >= 11 is 0. The Morgan fingerprint density at radius 3 is 1.81 bits per heavy atom. The maximum atomic E-state index is 11.0. The molecular formula is C53H46N4O. The van der Waals surface area contributed by atoms with Gasteiger partial charge in [0.15, 0.2) is 0 Å². The highest BCUT2D eigenvalue weighted by molar-refractivity contribution is 6.12. The Balaban J connectivity index is 1.19. The van der Waals surface area contributed by atoms with Crippen LogP contribution in [0.4, 0.5) is 0 Å². The number of phenols is 1. The molecular weight excluding hydrogens is 709 g/mol. The lowest BCUT2D eigenvalue weighted by Crippen LogP contribution is -2.16. The normalized spacial score (nSPS) is 12.0. The van der Waals surface area contributed by atoms with Crippen molar-refractivity contribution in [1.29, 1.82) is 0 Å². The van der Waals surface area contributed by atoms with Crippen molar-refractivity contribution in [2.75, 3.05) is 0 Å². The molecule has 5 heteroatoms. The summed E-state index contributed by atoms with van der Waals surface area (Å²) in [6, 6.07) is 52.5. The predicted molar refractivity (Wildman–Crippen MR) is 240 cm³/mol. The van der Waals surface area contributed by atoms with Gasteiger partial charge in [-0.2, -0.15) is 0 Å². The smallest absolute Gasteiger partial charge is 0.145 e. The van der Waals surface area contributed by atoms with Gasteiger partial charge >= 0.3 is 0 Å². The minimum Gasteiger partial charge on any atom is -0.507 e. The van der Waals surface area contributed by atoms with Gasteiger partial charge in [0.05, 0.1) is 22.6 Å². The average Bonchev–Trinajstić information content (AvgIpc) is 3.58. The molecule has 9 aromatic rings. The van der Waals surface area contributed by atoms with Crippen LogP contribution < -0.4 is 0 Å². The third-order valence-corrected chi connectivity index (χ3v) is 11.1. The van der Waals surface area contributed by atoms with Crippen molar-refractivity contribution in [3.8, 4) is 67.5 Å². The van der Waals surface area contributed by atoms with Crippen LogP contribution in [0.3, 0.4) is 0 Å². The molecule has 0 radical (unpaired) electrons. The number of nitrogens with zero attached hydrogens (tertiary/aromatic N) is 4. The number of para-hydroxylation sites is 3. The lowest BCUT2D eigenvalue weighted by atomic mass is 9.79. The van der Waals surface area contributed by atoms with Crippen molar-refractivity contribution < 1.29 is 5.11 Å². The zero-order valence-electron chi connectivity index (χ0n) is 33.8. The van der Waals surface area contributed by atoms with Gasteiger partial charge in [0.25, 0.3) is 0 Å². The molecule has 58 heavy (non-hydrogen) atoms. The monoisotopic (exact) mass is 754 g/mol. The van der Waals surface area contributed by atoms with Crippen molar-refractivity contribution in [2.45, 2.75) is 52.4 Å². The quantitative estimate of drug-likeness (QED) is 0.184. The molecule has 0 unspecified atom stereocenters. The topological polar surface area (TPSA) is 63.8 Å². The van der Waals surface area contributed by atoms with E-state index in [2.05, 4.69) is 161 Å². The maximum absolute atomic E-state index is 11.0. The molecule has 0 saturated carbocycles. The number of hydrogen-bond acceptors (Lipinski definition) is 4. The van der Waals surface area contributed by atoms with Crippen LogP contribution in [0.1, 0.15) is 52.7 Å². The van der Waals surface area contributed by atoms with Crippen LogP contribution in [0.5, 0.6) is 5.75 Å². The number of fused-ring (bicyclic) bond motifs is 3. The van der Waals surface area contributed by atoms with Crippen LogP contribution in [-0.4, -0.2) is 24.6 Å². The van der Waals surface area contributed by atoms with E-state index in [9.17, 15) is 5.11 Å². The minimum atomic E-state index is -0.0389. The lowest BCUT2D eigenvalue weighted by Gasteiger charge is -2.26. The molecule has 0 amide bonds. The highest BCUT2D eigenvalue weighted by atomic mass is 16.3. The molecule has 0 saturated heterocycles. The van der Waals surface area contributed by atoms with Gasteiger partial charge in [0, 0.05) is 51.1 Å². The first-order valence-corrected chi connectivity index (χ1v) is 19.9. The van der Waals surface area contributed by atoms with Crippen LogP contribution in [0.25, 0.3) is 83.6 Å². The third kappa shape index (κ3) is 6.83. The molecule has 0 spiro atoms. The van der Waals surface area contributed by atoms with E-state index in [1.54, 1.807) is 6.07 Å². The summed E-state index contributed by atoms with van der Waals surface area (Å²) in [5, 5.41) is 13.3. The number of aromatic hydroxyl groups is 1. The highest BCUT2D eigenvalue weighted by Crippen LogP contribution is 2.40. The number of benzene rings is 5. The van der Waals surface area contributed by atoms with Gasteiger partial charge in [-0.05, 0) is 105 Å². The highest BCUT2D eigenvalue weighted by Gasteiger charge is 2.23. The first-order chi connectivity index (χ1) is 27.9. The Morgan fingerprint density at radius 1 is 0.448 bits per heavy atom. The van der Waals surface area contributed by atoms with Crippen LogP contribution in [-0.2, 0) is 10.8 Å². The van der Waals surface area contributed by atoms with E-state index in [1.807, 2.05) is 42.7 Å². The van der Waals surface area contributed by atoms with Gasteiger partial charge in [-0.25, -0.2) is 9.97 Å². The Labute approximate surface area is 340 Å². The molecule has 4 heterocycles. The molecule has 5 aromatic carbocycles. The second kappa shape index (κ2) is 14.3. The summed E-state index contributed by atoms with van der Waals surface area (Å²) in [5.74, 6) is 0.198. The van der Waals surface area contributed by atoms with Crippen molar-refractivity contribution in [3.63, 3.8) is 0 Å². The summed E-state index contributed by atoms with van der Waals surface area (Å²) in [7, 11) is 0. The van der Waals surface area contributed by atoms with E-state index < -0.39 is 0 Å². The van der Waals surface area contributed by atoms with Crippen LogP contribution >= 0.6 is 0 Å². The van der Waals surface area contributed by atoms with Crippen LogP contribution in [0, 0.1) is 0 Å². The standard InChI is InChI=1S/C53H46N4O/c1-52(2,3)39-28-37(29-40(33-39)53(4,5)6)38-31-47(56-48(32-38)45-19-10-11-23-49(45)58)36-16-12-15-35(27-36)46-30-34(24-26-54-46)42-20-13-21-43-44-22-14-25-55-51(44)57(50(42)43)41-17-8-7-9-18-41/h7-33,58H,1-6H3. The van der Waals surface area contributed by atoms with Crippen LogP contribution in [0.2, 0.25) is 0 Å². The number of rotatable bonds is 6. The molecule has 0 bridgehead atoms. The molecule has 284 valence electrons. The summed E-state index contributed by atoms with van der Waals surface area (Å²) in [6.07, 6.45) is 3.76. The van der Waals surface area contributed by atoms with Gasteiger partial charge in [0.1, 0.15) is 11.4 Å². The van der Waals surface area contributed by atoms with Crippen molar-refractivity contribution in [1.82, 2.24) is 19.5 Å². The van der Waals surface area contributed by atoms with Crippen molar-refractivity contribution >= 4 is 21.9 Å². The molecule has 0 fully saturated rings. The van der Waals surface area contributed by atoms with E-state index in [0.29, 0.717) is 11.3 Å². The molecule has 0 atom stereocenters. The van der Waals surface area contributed by atoms with Crippen molar-refractivity contribution in [3.05, 3.63) is 175 Å². The Bertz CT molecular complexity index is 2950. The fourth-order valence-electron chi connectivity index (χ4n) is 7.88. The molecule has 0 aliphatic rings. The number of aromatic nitrogens is 4. The first kappa shape index (κ1) is 36.8. The Hall–Kier alpha value is -6.85. The molecule has 5 nitrogen and oxygen atoms in total. The molecule has 4 aromatic heterocycles. The Morgan fingerprint density at radius 2 is 1.07 bits per heavy atom. The van der Waals surface area contributed by atoms with Crippen LogP contribution in [0.15, 0.2) is 164 Å².